The maximum atomic E-state index is 6.03. The van der Waals surface area contributed by atoms with Crippen LogP contribution in [-0.4, -0.2) is 9.78 Å². The highest BCUT2D eigenvalue weighted by Gasteiger charge is 2.08. The molecule has 5 heteroatoms. The summed E-state index contributed by atoms with van der Waals surface area (Å²) in [5, 5.41) is 4.77. The van der Waals surface area contributed by atoms with Gasteiger partial charge in [0.25, 0.3) is 0 Å². The first-order valence-corrected chi connectivity index (χ1v) is 5.89. The van der Waals surface area contributed by atoms with Crippen molar-refractivity contribution in [1.82, 2.24) is 9.78 Å². The van der Waals surface area contributed by atoms with Gasteiger partial charge in [-0.3, -0.25) is 0 Å². The second-order valence-electron chi connectivity index (χ2n) is 3.30. The molecule has 0 N–H and O–H groups in total. The molecule has 0 aliphatic rings. The lowest BCUT2D eigenvalue weighted by Crippen LogP contribution is -2.01. The van der Waals surface area contributed by atoms with Gasteiger partial charge in [0, 0.05) is 17.6 Å². The minimum atomic E-state index is 0.428. The summed E-state index contributed by atoms with van der Waals surface area (Å²) in [7, 11) is 1.83. The smallest absolute Gasteiger partial charge is 0.226 e. The van der Waals surface area contributed by atoms with Gasteiger partial charge >= 0.3 is 0 Å². The van der Waals surface area contributed by atoms with E-state index in [-0.39, 0.29) is 0 Å². The lowest BCUT2D eigenvalue weighted by molar-refractivity contribution is 0.277. The standard InChI is InChI=1S/C11H10BrClN2O/c1-15-11(9(12)6-14-15)16-7-8-4-2-3-5-10(8)13/h2-6H,7H2,1H3. The maximum Gasteiger partial charge on any atom is 0.226 e. The normalized spacial score (nSPS) is 10.4. The van der Waals surface area contributed by atoms with Gasteiger partial charge in [-0.1, -0.05) is 29.8 Å². The number of nitrogens with zero attached hydrogens (tertiary/aromatic N) is 2. The zero-order chi connectivity index (χ0) is 11.5. The summed E-state index contributed by atoms with van der Waals surface area (Å²) in [5.41, 5.74) is 0.956. The molecule has 2 rings (SSSR count). The number of ether oxygens (including phenoxy) is 1. The second-order valence-corrected chi connectivity index (χ2v) is 4.56. The summed E-state index contributed by atoms with van der Waals surface area (Å²) >= 11 is 9.40. The molecule has 0 amide bonds. The van der Waals surface area contributed by atoms with Crippen molar-refractivity contribution in [2.75, 3.05) is 0 Å². The summed E-state index contributed by atoms with van der Waals surface area (Å²) in [5.74, 6) is 0.694. The van der Waals surface area contributed by atoms with Crippen molar-refractivity contribution < 1.29 is 4.74 Å². The van der Waals surface area contributed by atoms with Crippen LogP contribution >= 0.6 is 27.5 Å². The Labute approximate surface area is 107 Å². The number of benzene rings is 1. The van der Waals surface area contributed by atoms with E-state index in [1.807, 2.05) is 31.3 Å². The Kier molecular flexibility index (Phi) is 3.51. The van der Waals surface area contributed by atoms with E-state index in [0.717, 1.165) is 10.0 Å². The van der Waals surface area contributed by atoms with Gasteiger partial charge in [0.1, 0.15) is 6.61 Å². The first kappa shape index (κ1) is 11.5. The van der Waals surface area contributed by atoms with Gasteiger partial charge in [-0.05, 0) is 22.0 Å². The van der Waals surface area contributed by atoms with Crippen LogP contribution in [0.5, 0.6) is 5.88 Å². The van der Waals surface area contributed by atoms with Gasteiger partial charge in [-0.25, -0.2) is 4.68 Å². The van der Waals surface area contributed by atoms with Gasteiger partial charge < -0.3 is 4.74 Å². The molecule has 1 heterocycles. The molecule has 1 aromatic heterocycles. The van der Waals surface area contributed by atoms with Crippen LogP contribution in [0.1, 0.15) is 5.56 Å². The molecule has 0 aliphatic heterocycles. The van der Waals surface area contributed by atoms with Crippen LogP contribution in [0.2, 0.25) is 5.02 Å². The molecule has 16 heavy (non-hydrogen) atoms. The van der Waals surface area contributed by atoms with Crippen molar-refractivity contribution in [2.45, 2.75) is 6.61 Å². The SMILES string of the molecule is Cn1ncc(Br)c1OCc1ccccc1Cl. The molecule has 0 atom stereocenters. The highest BCUT2D eigenvalue weighted by atomic mass is 79.9. The zero-order valence-corrected chi connectivity index (χ0v) is 11.0. The first-order valence-electron chi connectivity index (χ1n) is 4.72. The van der Waals surface area contributed by atoms with Gasteiger partial charge in [0.2, 0.25) is 5.88 Å². The highest BCUT2D eigenvalue weighted by molar-refractivity contribution is 9.10. The number of aryl methyl sites for hydroxylation is 1. The Morgan fingerprint density at radius 2 is 2.19 bits per heavy atom. The van der Waals surface area contributed by atoms with Crippen LogP contribution in [0, 0.1) is 0 Å². The summed E-state index contributed by atoms with van der Waals surface area (Å²) in [6.45, 7) is 0.428. The third-order valence-corrected chi connectivity index (χ3v) is 3.08. The van der Waals surface area contributed by atoms with E-state index in [2.05, 4.69) is 21.0 Å². The average Bonchev–Trinajstić information content (AvgIpc) is 2.58. The van der Waals surface area contributed by atoms with Crippen LogP contribution in [0.4, 0.5) is 0 Å². The van der Waals surface area contributed by atoms with Crippen molar-refractivity contribution in [2.24, 2.45) is 7.05 Å². The summed E-state index contributed by atoms with van der Waals surface area (Å²) in [6.07, 6.45) is 1.70. The number of halogens is 2. The van der Waals surface area contributed by atoms with Crippen LogP contribution < -0.4 is 4.74 Å². The first-order chi connectivity index (χ1) is 7.68. The molecule has 0 saturated carbocycles. The number of rotatable bonds is 3. The Morgan fingerprint density at radius 3 is 2.81 bits per heavy atom. The van der Waals surface area contributed by atoms with E-state index in [1.54, 1.807) is 10.9 Å². The maximum absolute atomic E-state index is 6.03. The molecular formula is C11H10BrClN2O. The molecule has 1 aromatic carbocycles. The molecule has 0 saturated heterocycles. The lowest BCUT2D eigenvalue weighted by atomic mass is 10.2. The second kappa shape index (κ2) is 4.89. The quantitative estimate of drug-likeness (QED) is 0.868. The van der Waals surface area contributed by atoms with E-state index in [1.165, 1.54) is 0 Å². The molecule has 0 fully saturated rings. The van der Waals surface area contributed by atoms with Crippen LogP contribution in [-0.2, 0) is 13.7 Å². The van der Waals surface area contributed by atoms with Gasteiger partial charge in [-0.15, -0.1) is 0 Å². The third-order valence-electron chi connectivity index (χ3n) is 2.16. The van der Waals surface area contributed by atoms with Gasteiger partial charge in [0.05, 0.1) is 10.7 Å². The number of hydrogen-bond donors (Lipinski definition) is 0. The Balaban J connectivity index is 2.11. The fourth-order valence-corrected chi connectivity index (χ4v) is 1.98. The summed E-state index contributed by atoms with van der Waals surface area (Å²) < 4.78 is 8.15. The minimum absolute atomic E-state index is 0.428. The number of hydrogen-bond acceptors (Lipinski definition) is 2. The fraction of sp³-hybridized carbons (Fsp3) is 0.182. The van der Waals surface area contributed by atoms with E-state index < -0.39 is 0 Å². The lowest BCUT2D eigenvalue weighted by Gasteiger charge is -2.08. The van der Waals surface area contributed by atoms with Crippen molar-refractivity contribution in [3.05, 3.63) is 45.5 Å². The predicted molar refractivity (Wildman–Crippen MR) is 66.7 cm³/mol. The van der Waals surface area contributed by atoms with Gasteiger partial charge in [0.15, 0.2) is 0 Å². The van der Waals surface area contributed by atoms with Crippen LogP contribution in [0.25, 0.3) is 0 Å². The molecule has 0 unspecified atom stereocenters. The average molecular weight is 302 g/mol. The van der Waals surface area contributed by atoms with E-state index in [9.17, 15) is 0 Å². The van der Waals surface area contributed by atoms with Crippen molar-refractivity contribution in [1.29, 1.82) is 0 Å². The molecule has 2 aromatic rings. The fourth-order valence-electron chi connectivity index (χ4n) is 1.32. The molecule has 3 nitrogen and oxygen atoms in total. The van der Waals surface area contributed by atoms with E-state index in [4.69, 9.17) is 16.3 Å². The van der Waals surface area contributed by atoms with Crippen molar-refractivity contribution in [3.8, 4) is 5.88 Å². The summed E-state index contributed by atoms with van der Waals surface area (Å²) in [6, 6.07) is 7.61. The summed E-state index contributed by atoms with van der Waals surface area (Å²) in [4.78, 5) is 0. The molecule has 0 spiro atoms. The van der Waals surface area contributed by atoms with E-state index in [0.29, 0.717) is 17.5 Å². The minimum Gasteiger partial charge on any atom is -0.472 e. The van der Waals surface area contributed by atoms with Gasteiger partial charge in [-0.2, -0.15) is 5.10 Å². The predicted octanol–water partition coefficient (Wildman–Crippen LogP) is 3.42. The molecule has 84 valence electrons. The molecular weight excluding hydrogens is 291 g/mol. The topological polar surface area (TPSA) is 27.1 Å². The van der Waals surface area contributed by atoms with Crippen molar-refractivity contribution in [3.63, 3.8) is 0 Å². The highest BCUT2D eigenvalue weighted by Crippen LogP contribution is 2.25. The zero-order valence-electron chi connectivity index (χ0n) is 8.65. The molecule has 0 aliphatic carbocycles. The molecule has 0 bridgehead atoms. The van der Waals surface area contributed by atoms with Crippen LogP contribution in [0.15, 0.2) is 34.9 Å². The Bertz CT molecular complexity index is 479. The Morgan fingerprint density at radius 1 is 1.44 bits per heavy atom. The van der Waals surface area contributed by atoms with Crippen LogP contribution in [0.3, 0.4) is 0 Å². The monoisotopic (exact) mass is 300 g/mol. The molecule has 0 radical (unpaired) electrons. The Hall–Kier alpha value is -1.00. The van der Waals surface area contributed by atoms with Crippen molar-refractivity contribution >= 4 is 27.5 Å². The van der Waals surface area contributed by atoms with E-state index >= 15 is 0 Å². The number of aromatic nitrogens is 2. The third kappa shape index (κ3) is 2.39. The largest absolute Gasteiger partial charge is 0.472 e.